The molecule has 7 nitrogen and oxygen atoms in total. The number of aromatic nitrogens is 2. The van der Waals surface area contributed by atoms with Crippen LogP contribution in [0.4, 0.5) is 0 Å². The monoisotopic (exact) mass is 384 g/mol. The molecule has 0 spiro atoms. The highest BCUT2D eigenvalue weighted by Crippen LogP contribution is 2.32. The maximum Gasteiger partial charge on any atom is 0.305 e. The lowest BCUT2D eigenvalue weighted by molar-refractivity contribution is -0.140. The van der Waals surface area contributed by atoms with E-state index in [4.69, 9.17) is 25.5 Å². The Hall–Kier alpha value is -1.77. The van der Waals surface area contributed by atoms with E-state index >= 15 is 0 Å². The number of ether oxygens (including phenoxy) is 3. The summed E-state index contributed by atoms with van der Waals surface area (Å²) in [4.78, 5) is 11.1. The summed E-state index contributed by atoms with van der Waals surface area (Å²) in [6, 6.07) is 5.33. The number of halogens is 1. The third-order valence-corrected chi connectivity index (χ3v) is 4.68. The van der Waals surface area contributed by atoms with Gasteiger partial charge in [0.2, 0.25) is 5.89 Å². The van der Waals surface area contributed by atoms with E-state index in [-0.39, 0.29) is 12.1 Å². The second-order valence-electron chi connectivity index (χ2n) is 5.32. The summed E-state index contributed by atoms with van der Waals surface area (Å²) in [7, 11) is 1.37. The summed E-state index contributed by atoms with van der Waals surface area (Å²) in [6.07, 6.45) is 1.12. The van der Waals surface area contributed by atoms with Gasteiger partial charge < -0.3 is 18.6 Å². The minimum Gasteiger partial charge on any atom is -0.486 e. The molecule has 0 amide bonds. The SMILES string of the molecule is COC(=O)CCCSc1nnc(-c2ccc(OC3COC3)cc2Cl)o1. The maximum atomic E-state index is 11.1. The normalized spacial score (nSPS) is 14.2. The molecule has 1 aliphatic heterocycles. The predicted molar refractivity (Wildman–Crippen MR) is 92.0 cm³/mol. The number of rotatable bonds is 8. The first-order valence-corrected chi connectivity index (χ1v) is 9.09. The van der Waals surface area contributed by atoms with E-state index in [0.29, 0.717) is 59.3 Å². The van der Waals surface area contributed by atoms with E-state index in [1.54, 1.807) is 12.1 Å². The highest BCUT2D eigenvalue weighted by atomic mass is 35.5. The first kappa shape index (κ1) is 18.0. The molecular formula is C16H17ClN2O5S. The average Bonchev–Trinajstić information content (AvgIpc) is 3.03. The van der Waals surface area contributed by atoms with Gasteiger partial charge in [0.1, 0.15) is 11.9 Å². The molecule has 1 aliphatic rings. The Labute approximate surface area is 154 Å². The van der Waals surface area contributed by atoms with Crippen LogP contribution < -0.4 is 4.74 Å². The summed E-state index contributed by atoms with van der Waals surface area (Å²) >= 11 is 7.68. The minimum absolute atomic E-state index is 0.0818. The third-order valence-electron chi connectivity index (χ3n) is 3.47. The molecule has 9 heteroatoms. The highest BCUT2D eigenvalue weighted by Gasteiger charge is 2.21. The van der Waals surface area contributed by atoms with Gasteiger partial charge >= 0.3 is 5.97 Å². The van der Waals surface area contributed by atoms with Crippen LogP contribution in [-0.2, 0) is 14.3 Å². The summed E-state index contributed by atoms with van der Waals surface area (Å²) in [5.41, 5.74) is 0.646. The Morgan fingerprint density at radius 2 is 2.24 bits per heavy atom. The van der Waals surface area contributed by atoms with E-state index in [0.717, 1.165) is 0 Å². The third kappa shape index (κ3) is 4.87. The van der Waals surface area contributed by atoms with Crippen molar-refractivity contribution in [3.63, 3.8) is 0 Å². The molecule has 0 aliphatic carbocycles. The molecular weight excluding hydrogens is 368 g/mol. The standard InChI is InChI=1S/C16H17ClN2O5S/c1-21-14(20)3-2-6-25-16-19-18-15(24-16)12-5-4-10(7-13(12)17)23-11-8-22-9-11/h4-5,7,11H,2-3,6,8-9H2,1H3. The fourth-order valence-electron chi connectivity index (χ4n) is 2.07. The molecule has 134 valence electrons. The van der Waals surface area contributed by atoms with Crippen LogP contribution in [0.25, 0.3) is 11.5 Å². The van der Waals surface area contributed by atoms with Crippen LogP contribution in [0.1, 0.15) is 12.8 Å². The molecule has 1 saturated heterocycles. The molecule has 2 heterocycles. The zero-order valence-corrected chi connectivity index (χ0v) is 15.1. The first-order valence-electron chi connectivity index (χ1n) is 7.73. The number of carbonyl (C=O) groups is 1. The molecule has 1 aromatic carbocycles. The van der Waals surface area contributed by atoms with Crippen molar-refractivity contribution < 1.29 is 23.4 Å². The number of methoxy groups -OCH3 is 1. The summed E-state index contributed by atoms with van der Waals surface area (Å²) in [5.74, 6) is 1.48. The van der Waals surface area contributed by atoms with Crippen molar-refractivity contribution in [2.24, 2.45) is 0 Å². The number of esters is 1. The van der Waals surface area contributed by atoms with E-state index in [9.17, 15) is 4.79 Å². The second-order valence-corrected chi connectivity index (χ2v) is 6.77. The van der Waals surface area contributed by atoms with Gasteiger partial charge in [-0.15, -0.1) is 10.2 Å². The van der Waals surface area contributed by atoms with E-state index in [2.05, 4.69) is 14.9 Å². The van der Waals surface area contributed by atoms with Crippen molar-refractivity contribution in [3.05, 3.63) is 23.2 Å². The van der Waals surface area contributed by atoms with Crippen LogP contribution in [0.2, 0.25) is 5.02 Å². The van der Waals surface area contributed by atoms with E-state index < -0.39 is 0 Å². The van der Waals surface area contributed by atoms with Crippen molar-refractivity contribution in [1.82, 2.24) is 10.2 Å². The topological polar surface area (TPSA) is 83.7 Å². The number of carbonyl (C=O) groups excluding carboxylic acids is 1. The number of hydrogen-bond donors (Lipinski definition) is 0. The number of nitrogens with zero attached hydrogens (tertiary/aromatic N) is 2. The molecule has 3 rings (SSSR count). The van der Waals surface area contributed by atoms with Crippen LogP contribution in [0.3, 0.4) is 0 Å². The van der Waals surface area contributed by atoms with Crippen LogP contribution in [0, 0.1) is 0 Å². The summed E-state index contributed by atoms with van der Waals surface area (Å²) in [5, 5.41) is 8.92. The molecule has 0 saturated carbocycles. The predicted octanol–water partition coefficient (Wildman–Crippen LogP) is 3.21. The molecule has 2 aromatic rings. The highest BCUT2D eigenvalue weighted by molar-refractivity contribution is 7.99. The maximum absolute atomic E-state index is 11.1. The van der Waals surface area contributed by atoms with Crippen molar-refractivity contribution in [2.45, 2.75) is 24.2 Å². The fraction of sp³-hybridized carbons (Fsp3) is 0.438. The fourth-order valence-corrected chi connectivity index (χ4v) is 3.02. The smallest absolute Gasteiger partial charge is 0.305 e. The Balaban J connectivity index is 1.56. The molecule has 0 atom stereocenters. The molecule has 0 radical (unpaired) electrons. The molecule has 0 bridgehead atoms. The zero-order chi connectivity index (χ0) is 17.6. The van der Waals surface area contributed by atoms with Gasteiger partial charge in [-0.25, -0.2) is 0 Å². The van der Waals surface area contributed by atoms with Gasteiger partial charge in [-0.3, -0.25) is 4.79 Å². The molecule has 1 fully saturated rings. The Kier molecular flexibility index (Phi) is 6.17. The van der Waals surface area contributed by atoms with Crippen molar-refractivity contribution in [1.29, 1.82) is 0 Å². The Morgan fingerprint density at radius 1 is 1.40 bits per heavy atom. The van der Waals surface area contributed by atoms with Crippen molar-refractivity contribution in [3.8, 4) is 17.2 Å². The number of thioether (sulfide) groups is 1. The minimum atomic E-state index is -0.227. The van der Waals surface area contributed by atoms with Crippen LogP contribution >= 0.6 is 23.4 Å². The van der Waals surface area contributed by atoms with E-state index in [1.165, 1.54) is 18.9 Å². The van der Waals surface area contributed by atoms with Gasteiger partial charge in [0.25, 0.3) is 5.22 Å². The van der Waals surface area contributed by atoms with E-state index in [1.807, 2.05) is 6.07 Å². The molecule has 0 N–H and O–H groups in total. The lowest BCUT2D eigenvalue weighted by Gasteiger charge is -2.26. The van der Waals surface area contributed by atoms with Gasteiger partial charge in [-0.1, -0.05) is 23.4 Å². The Bertz CT molecular complexity index is 735. The summed E-state index contributed by atoms with van der Waals surface area (Å²) < 4.78 is 21.0. The largest absolute Gasteiger partial charge is 0.486 e. The zero-order valence-electron chi connectivity index (χ0n) is 13.6. The Morgan fingerprint density at radius 3 is 2.92 bits per heavy atom. The lowest BCUT2D eigenvalue weighted by atomic mass is 10.2. The van der Waals surface area contributed by atoms with Gasteiger partial charge in [0.05, 0.1) is 30.9 Å². The number of hydrogen-bond acceptors (Lipinski definition) is 8. The summed E-state index contributed by atoms with van der Waals surface area (Å²) in [6.45, 7) is 1.19. The van der Waals surface area contributed by atoms with Gasteiger partial charge in [0, 0.05) is 12.2 Å². The molecule has 25 heavy (non-hydrogen) atoms. The molecule has 0 unspecified atom stereocenters. The van der Waals surface area contributed by atoms with Gasteiger partial charge in [0.15, 0.2) is 0 Å². The van der Waals surface area contributed by atoms with Crippen molar-refractivity contribution in [2.75, 3.05) is 26.1 Å². The van der Waals surface area contributed by atoms with Crippen LogP contribution in [-0.4, -0.2) is 48.3 Å². The average molecular weight is 385 g/mol. The second kappa shape index (κ2) is 8.55. The number of benzene rings is 1. The van der Waals surface area contributed by atoms with Gasteiger partial charge in [-0.2, -0.15) is 0 Å². The molecule has 1 aromatic heterocycles. The van der Waals surface area contributed by atoms with Gasteiger partial charge in [-0.05, 0) is 24.6 Å². The van der Waals surface area contributed by atoms with Crippen LogP contribution in [0.5, 0.6) is 5.75 Å². The van der Waals surface area contributed by atoms with Crippen LogP contribution in [0.15, 0.2) is 27.8 Å². The lowest BCUT2D eigenvalue weighted by Crippen LogP contribution is -2.38. The van der Waals surface area contributed by atoms with Crippen molar-refractivity contribution >= 4 is 29.3 Å². The quantitative estimate of drug-likeness (QED) is 0.389. The first-order chi connectivity index (χ1) is 12.2.